The van der Waals surface area contributed by atoms with Gasteiger partial charge in [0.05, 0.1) is 13.1 Å². The number of halogens is 1. The van der Waals surface area contributed by atoms with Crippen LogP contribution in [0.1, 0.15) is 51.8 Å². The van der Waals surface area contributed by atoms with Gasteiger partial charge in [-0.2, -0.15) is 0 Å². The Bertz CT molecular complexity index is 686. The average Bonchev–Trinajstić information content (AvgIpc) is 2.77. The van der Waals surface area contributed by atoms with E-state index < -0.39 is 0 Å². The van der Waals surface area contributed by atoms with Gasteiger partial charge >= 0.3 is 0 Å². The van der Waals surface area contributed by atoms with Crippen molar-refractivity contribution in [3.05, 3.63) is 52.6 Å². The van der Waals surface area contributed by atoms with Crippen LogP contribution in [-0.4, -0.2) is 16.1 Å². The Hall–Kier alpha value is -1.75. The lowest BCUT2D eigenvalue weighted by molar-refractivity contribution is -0.700. The molecule has 0 spiro atoms. The predicted octanol–water partition coefficient (Wildman–Crippen LogP) is -1.10. The van der Waals surface area contributed by atoms with Crippen molar-refractivity contribution >= 4 is 11.6 Å². The van der Waals surface area contributed by atoms with Gasteiger partial charge in [-0.3, -0.25) is 9.59 Å². The number of rotatable bonds is 2. The molecule has 0 radical (unpaired) electrons. The van der Waals surface area contributed by atoms with E-state index in [2.05, 4.69) is 0 Å². The number of aromatic nitrogens is 2. The number of benzene rings is 1. The summed E-state index contributed by atoms with van der Waals surface area (Å²) in [5.41, 5.74) is 2.10. The van der Waals surface area contributed by atoms with Crippen LogP contribution in [0.5, 0.6) is 0 Å². The molecule has 4 nitrogen and oxygen atoms in total. The second kappa shape index (κ2) is 5.56. The number of imidazole rings is 1. The summed E-state index contributed by atoms with van der Waals surface area (Å²) in [6.07, 6.45) is 0. The van der Waals surface area contributed by atoms with Crippen LogP contribution >= 0.6 is 0 Å². The average molecular weight is 349 g/mol. The first-order chi connectivity index (χ1) is 9.61. The van der Waals surface area contributed by atoms with Crippen molar-refractivity contribution in [1.82, 2.24) is 4.57 Å². The molecular formula is C16H17BrN2O2. The van der Waals surface area contributed by atoms with Crippen molar-refractivity contribution in [2.24, 2.45) is 0 Å². The van der Waals surface area contributed by atoms with E-state index in [4.69, 9.17) is 0 Å². The number of carbonyl (C=O) groups is 2. The summed E-state index contributed by atoms with van der Waals surface area (Å²) < 4.78 is 3.88. The smallest absolute Gasteiger partial charge is 0.254 e. The highest BCUT2D eigenvalue weighted by molar-refractivity contribution is 6.26. The molecule has 1 aliphatic rings. The van der Waals surface area contributed by atoms with Gasteiger partial charge in [-0.15, -0.1) is 0 Å². The van der Waals surface area contributed by atoms with Crippen LogP contribution in [0.15, 0.2) is 24.3 Å². The SMILES string of the molecule is CCn1c2c([n+](CC)c1C)C(=O)c1ccccc1C2=O.[Br-]. The Morgan fingerprint density at radius 1 is 1.05 bits per heavy atom. The molecule has 3 rings (SSSR count). The van der Waals surface area contributed by atoms with Crippen LogP contribution in [0, 0.1) is 6.92 Å². The maximum Gasteiger partial charge on any atom is 0.254 e. The molecule has 1 aromatic carbocycles. The Morgan fingerprint density at radius 2 is 1.62 bits per heavy atom. The molecule has 110 valence electrons. The highest BCUT2D eigenvalue weighted by atomic mass is 79.9. The normalized spacial score (nSPS) is 12.7. The summed E-state index contributed by atoms with van der Waals surface area (Å²) >= 11 is 0. The number of nitrogens with zero attached hydrogens (tertiary/aromatic N) is 2. The molecule has 0 atom stereocenters. The van der Waals surface area contributed by atoms with E-state index in [-0.39, 0.29) is 28.5 Å². The number of hydrogen-bond donors (Lipinski definition) is 0. The van der Waals surface area contributed by atoms with Gasteiger partial charge in [0.25, 0.3) is 5.82 Å². The maximum atomic E-state index is 12.7. The van der Waals surface area contributed by atoms with Crippen molar-refractivity contribution in [3.63, 3.8) is 0 Å². The molecule has 21 heavy (non-hydrogen) atoms. The van der Waals surface area contributed by atoms with Crippen LogP contribution in [0.25, 0.3) is 0 Å². The molecule has 0 saturated carbocycles. The van der Waals surface area contributed by atoms with E-state index in [1.807, 2.05) is 29.9 Å². The molecule has 0 fully saturated rings. The van der Waals surface area contributed by atoms with E-state index in [1.165, 1.54) is 0 Å². The van der Waals surface area contributed by atoms with Crippen LogP contribution < -0.4 is 21.5 Å². The fraction of sp³-hybridized carbons (Fsp3) is 0.312. The van der Waals surface area contributed by atoms with Gasteiger partial charge in [-0.1, -0.05) is 24.3 Å². The van der Waals surface area contributed by atoms with Gasteiger partial charge in [0.1, 0.15) is 0 Å². The fourth-order valence-corrected chi connectivity index (χ4v) is 3.09. The Kier molecular flexibility index (Phi) is 4.14. The molecular weight excluding hydrogens is 332 g/mol. The molecule has 1 heterocycles. The minimum absolute atomic E-state index is 0. The Balaban J connectivity index is 0.00000161. The van der Waals surface area contributed by atoms with Gasteiger partial charge in [-0.05, 0) is 13.8 Å². The zero-order chi connectivity index (χ0) is 14.4. The van der Waals surface area contributed by atoms with E-state index >= 15 is 0 Å². The zero-order valence-electron chi connectivity index (χ0n) is 12.3. The molecule has 0 aliphatic heterocycles. The zero-order valence-corrected chi connectivity index (χ0v) is 13.9. The number of hydrogen-bond acceptors (Lipinski definition) is 2. The summed E-state index contributed by atoms with van der Waals surface area (Å²) in [5.74, 6) is 0.856. The summed E-state index contributed by atoms with van der Waals surface area (Å²) in [4.78, 5) is 25.5. The number of carbonyl (C=O) groups excluding carboxylic acids is 2. The molecule has 1 aromatic heterocycles. The van der Waals surface area contributed by atoms with Gasteiger partial charge in [0.2, 0.25) is 23.0 Å². The van der Waals surface area contributed by atoms with Crippen LogP contribution in [-0.2, 0) is 13.1 Å². The molecule has 1 aliphatic carbocycles. The van der Waals surface area contributed by atoms with Gasteiger partial charge < -0.3 is 17.0 Å². The van der Waals surface area contributed by atoms with Crippen molar-refractivity contribution in [2.45, 2.75) is 33.9 Å². The van der Waals surface area contributed by atoms with E-state index in [1.54, 1.807) is 24.3 Å². The minimum Gasteiger partial charge on any atom is -1.00 e. The maximum absolute atomic E-state index is 12.7. The first-order valence-corrected chi connectivity index (χ1v) is 6.93. The lowest BCUT2D eigenvalue weighted by Crippen LogP contribution is -3.00. The highest BCUT2D eigenvalue weighted by Crippen LogP contribution is 2.26. The van der Waals surface area contributed by atoms with Crippen molar-refractivity contribution in [1.29, 1.82) is 0 Å². The first kappa shape index (κ1) is 15.6. The fourth-order valence-electron chi connectivity index (χ4n) is 3.09. The van der Waals surface area contributed by atoms with Crippen LogP contribution in [0.4, 0.5) is 0 Å². The van der Waals surface area contributed by atoms with Gasteiger partial charge in [-0.25, -0.2) is 9.13 Å². The second-order valence-corrected chi connectivity index (χ2v) is 4.94. The summed E-state index contributed by atoms with van der Waals surface area (Å²) in [5, 5.41) is 0. The Labute approximate surface area is 134 Å². The molecule has 0 amide bonds. The lowest BCUT2D eigenvalue weighted by Gasteiger charge is -2.12. The minimum atomic E-state index is -0.0487. The third-order valence-corrected chi connectivity index (χ3v) is 4.02. The highest BCUT2D eigenvalue weighted by Gasteiger charge is 2.41. The van der Waals surface area contributed by atoms with Crippen molar-refractivity contribution < 1.29 is 31.1 Å². The third-order valence-electron chi connectivity index (χ3n) is 4.02. The second-order valence-electron chi connectivity index (χ2n) is 4.94. The van der Waals surface area contributed by atoms with Crippen LogP contribution in [0.2, 0.25) is 0 Å². The van der Waals surface area contributed by atoms with Gasteiger partial charge in [0.15, 0.2) is 0 Å². The summed E-state index contributed by atoms with van der Waals surface area (Å²) in [7, 11) is 0. The molecule has 2 aromatic rings. The van der Waals surface area contributed by atoms with Crippen LogP contribution in [0.3, 0.4) is 0 Å². The largest absolute Gasteiger partial charge is 1.00 e. The summed E-state index contributed by atoms with van der Waals surface area (Å²) in [6, 6.07) is 7.07. The van der Waals surface area contributed by atoms with Crippen molar-refractivity contribution in [3.8, 4) is 0 Å². The number of ketones is 2. The lowest BCUT2D eigenvalue weighted by atomic mass is 9.90. The standard InChI is InChI=1S/C16H17N2O2.BrH/c1-4-17-10(3)18(5-2)14-13(17)15(19)11-8-6-7-9-12(11)16(14)20;/h6-9H,4-5H2,1-3H3;1H/q+1;/p-1. The first-order valence-electron chi connectivity index (χ1n) is 6.93. The predicted molar refractivity (Wildman–Crippen MR) is 74.0 cm³/mol. The molecule has 5 heteroatoms. The van der Waals surface area contributed by atoms with E-state index in [0.717, 1.165) is 5.82 Å². The molecule has 0 unspecified atom stereocenters. The van der Waals surface area contributed by atoms with Crippen molar-refractivity contribution in [2.75, 3.05) is 0 Å². The molecule has 0 N–H and O–H groups in total. The Morgan fingerprint density at radius 3 is 2.14 bits per heavy atom. The molecule has 0 saturated heterocycles. The topological polar surface area (TPSA) is 43.0 Å². The number of fused-ring (bicyclic) bond motifs is 2. The summed E-state index contributed by atoms with van der Waals surface area (Å²) in [6.45, 7) is 7.30. The van der Waals surface area contributed by atoms with E-state index in [0.29, 0.717) is 35.6 Å². The third kappa shape index (κ3) is 1.99. The van der Waals surface area contributed by atoms with Gasteiger partial charge in [0, 0.05) is 18.1 Å². The monoisotopic (exact) mass is 348 g/mol. The molecule has 0 bridgehead atoms. The van der Waals surface area contributed by atoms with E-state index in [9.17, 15) is 9.59 Å². The quantitative estimate of drug-likeness (QED) is 0.552.